The molecule has 0 aromatic heterocycles. The zero-order valence-corrected chi connectivity index (χ0v) is 12.5. The summed E-state index contributed by atoms with van der Waals surface area (Å²) in [6.07, 6.45) is 6.04. The van der Waals surface area contributed by atoms with Crippen LogP contribution in [0, 0.1) is 0 Å². The Bertz CT molecular complexity index is 382. The van der Waals surface area contributed by atoms with Gasteiger partial charge in [-0.3, -0.25) is 0 Å². The summed E-state index contributed by atoms with van der Waals surface area (Å²) in [5.74, 6) is 0.709. The van der Waals surface area contributed by atoms with Gasteiger partial charge in [-0.15, -0.1) is 0 Å². The lowest BCUT2D eigenvalue weighted by Crippen LogP contribution is -2.30. The predicted octanol–water partition coefficient (Wildman–Crippen LogP) is 1.86. The van der Waals surface area contributed by atoms with Crippen LogP contribution < -0.4 is 10.2 Å². The number of unbranched alkanes of at least 4 members (excludes halogenated alkanes) is 4. The van der Waals surface area contributed by atoms with E-state index in [2.05, 4.69) is 6.92 Å². The van der Waals surface area contributed by atoms with Crippen LogP contribution >= 0.6 is 0 Å². The summed E-state index contributed by atoms with van der Waals surface area (Å²) in [6.45, 7) is 3.35. The van der Waals surface area contributed by atoms with Crippen molar-refractivity contribution in [2.24, 2.45) is 0 Å². The average Bonchev–Trinajstić information content (AvgIpc) is 2.46. The van der Waals surface area contributed by atoms with Crippen LogP contribution in [0.25, 0.3) is 0 Å². The van der Waals surface area contributed by atoms with Crippen molar-refractivity contribution in [3.63, 3.8) is 0 Å². The highest BCUT2D eigenvalue weighted by atomic mass is 16.5. The van der Waals surface area contributed by atoms with Crippen LogP contribution in [0.4, 0.5) is 0 Å². The van der Waals surface area contributed by atoms with Crippen molar-refractivity contribution in [1.82, 2.24) is 0 Å². The van der Waals surface area contributed by atoms with Crippen LogP contribution in [-0.4, -0.2) is 30.9 Å². The largest absolute Gasteiger partial charge is 0.496 e. The number of hydrogen-bond donors (Lipinski definition) is 2. The first-order chi connectivity index (χ1) is 9.69. The van der Waals surface area contributed by atoms with Gasteiger partial charge < -0.3 is 19.5 Å². The molecule has 112 valence electrons. The number of methoxy groups -OCH3 is 1. The van der Waals surface area contributed by atoms with Gasteiger partial charge in [0.2, 0.25) is 0 Å². The highest BCUT2D eigenvalue weighted by Crippen LogP contribution is 2.17. The quantitative estimate of drug-likeness (QED) is 0.507. The summed E-state index contributed by atoms with van der Waals surface area (Å²) >= 11 is 0. The maximum absolute atomic E-state index is 9.18. The average molecular weight is 280 g/mol. The second kappa shape index (κ2) is 9.80. The van der Waals surface area contributed by atoms with Crippen LogP contribution in [0.2, 0.25) is 0 Å². The van der Waals surface area contributed by atoms with Crippen molar-refractivity contribution in [1.29, 1.82) is 0 Å². The van der Waals surface area contributed by atoms with Crippen LogP contribution in [0.1, 0.15) is 44.6 Å². The Labute approximate surface area is 121 Å². The fraction of sp³-hybridized carbons (Fsp3) is 0.600. The highest BCUT2D eigenvalue weighted by Gasteiger charge is 2.13. The van der Waals surface area contributed by atoms with Gasteiger partial charge in [-0.2, -0.15) is 0 Å². The SMILES string of the molecule is CCCCCCCOCc1cc(B(O)O)ccc1OC. The van der Waals surface area contributed by atoms with E-state index < -0.39 is 7.12 Å². The first kappa shape index (κ1) is 17.0. The molecule has 1 aromatic rings. The van der Waals surface area contributed by atoms with Gasteiger partial charge in [-0.25, -0.2) is 0 Å². The number of rotatable bonds is 10. The lowest BCUT2D eigenvalue weighted by atomic mass is 9.79. The smallest absolute Gasteiger partial charge is 0.488 e. The highest BCUT2D eigenvalue weighted by molar-refractivity contribution is 6.58. The number of benzene rings is 1. The molecular weight excluding hydrogens is 255 g/mol. The van der Waals surface area contributed by atoms with E-state index in [1.54, 1.807) is 25.3 Å². The fourth-order valence-electron chi connectivity index (χ4n) is 2.06. The van der Waals surface area contributed by atoms with E-state index >= 15 is 0 Å². The molecule has 0 radical (unpaired) electrons. The summed E-state index contributed by atoms with van der Waals surface area (Å²) in [4.78, 5) is 0. The zero-order valence-electron chi connectivity index (χ0n) is 12.5. The molecule has 0 bridgehead atoms. The second-order valence-electron chi connectivity index (χ2n) is 4.91. The standard InChI is InChI=1S/C15H25BO4/c1-3-4-5-6-7-10-20-12-13-11-14(16(17)18)8-9-15(13)19-2/h8-9,11,17-18H,3-7,10,12H2,1-2H3. The lowest BCUT2D eigenvalue weighted by Gasteiger charge is -2.11. The monoisotopic (exact) mass is 280 g/mol. The van der Waals surface area contributed by atoms with Crippen molar-refractivity contribution in [2.75, 3.05) is 13.7 Å². The Balaban J connectivity index is 2.39. The molecule has 5 heteroatoms. The molecule has 0 saturated carbocycles. The third-order valence-corrected chi connectivity index (χ3v) is 3.25. The molecule has 1 aromatic carbocycles. The minimum atomic E-state index is -1.46. The molecule has 20 heavy (non-hydrogen) atoms. The fourth-order valence-corrected chi connectivity index (χ4v) is 2.06. The van der Waals surface area contributed by atoms with Crippen molar-refractivity contribution >= 4 is 12.6 Å². The molecular formula is C15H25BO4. The Hall–Kier alpha value is -1.04. The van der Waals surface area contributed by atoms with Gasteiger partial charge in [0.05, 0.1) is 13.7 Å². The van der Waals surface area contributed by atoms with Gasteiger partial charge in [0.15, 0.2) is 0 Å². The molecule has 0 aliphatic rings. The van der Waals surface area contributed by atoms with Crippen LogP contribution in [0.5, 0.6) is 5.75 Å². The first-order valence-corrected chi connectivity index (χ1v) is 7.29. The molecule has 0 amide bonds. The van der Waals surface area contributed by atoms with Crippen molar-refractivity contribution in [3.8, 4) is 5.75 Å². The molecule has 0 aliphatic carbocycles. The molecule has 0 atom stereocenters. The minimum absolute atomic E-state index is 0.428. The van der Waals surface area contributed by atoms with E-state index in [0.717, 1.165) is 18.6 Å². The van der Waals surface area contributed by atoms with Gasteiger partial charge in [0, 0.05) is 12.2 Å². The molecule has 1 rings (SSSR count). The van der Waals surface area contributed by atoms with E-state index in [9.17, 15) is 10.0 Å². The molecule has 0 fully saturated rings. The third kappa shape index (κ3) is 5.95. The molecule has 0 heterocycles. The van der Waals surface area contributed by atoms with E-state index in [-0.39, 0.29) is 0 Å². The van der Waals surface area contributed by atoms with Crippen molar-refractivity contribution in [2.45, 2.75) is 45.6 Å². The lowest BCUT2D eigenvalue weighted by molar-refractivity contribution is 0.115. The Morgan fingerprint density at radius 2 is 1.85 bits per heavy atom. The Morgan fingerprint density at radius 1 is 1.10 bits per heavy atom. The van der Waals surface area contributed by atoms with Gasteiger partial charge in [0.1, 0.15) is 5.75 Å². The summed E-state index contributed by atoms with van der Waals surface area (Å²) in [5.41, 5.74) is 1.29. The number of hydrogen-bond acceptors (Lipinski definition) is 4. The Morgan fingerprint density at radius 3 is 2.50 bits per heavy atom. The van der Waals surface area contributed by atoms with Crippen molar-refractivity contribution in [3.05, 3.63) is 23.8 Å². The molecule has 0 unspecified atom stereocenters. The summed E-state index contributed by atoms with van der Waals surface area (Å²) in [7, 11) is 0.132. The summed E-state index contributed by atoms with van der Waals surface area (Å²) in [6, 6.07) is 5.08. The summed E-state index contributed by atoms with van der Waals surface area (Å²) in [5, 5.41) is 18.4. The Kier molecular flexibility index (Phi) is 8.34. The predicted molar refractivity (Wildman–Crippen MR) is 81.2 cm³/mol. The summed E-state index contributed by atoms with van der Waals surface area (Å²) < 4.78 is 10.9. The van der Waals surface area contributed by atoms with Crippen LogP contribution in [0.3, 0.4) is 0 Å². The van der Waals surface area contributed by atoms with Gasteiger partial charge >= 0.3 is 7.12 Å². The topological polar surface area (TPSA) is 58.9 Å². The van der Waals surface area contributed by atoms with Gasteiger partial charge in [0.25, 0.3) is 0 Å². The number of ether oxygens (including phenoxy) is 2. The molecule has 0 saturated heterocycles. The molecule has 2 N–H and O–H groups in total. The van der Waals surface area contributed by atoms with Crippen molar-refractivity contribution < 1.29 is 19.5 Å². The minimum Gasteiger partial charge on any atom is -0.496 e. The maximum atomic E-state index is 9.18. The van der Waals surface area contributed by atoms with E-state index in [1.165, 1.54) is 25.7 Å². The third-order valence-electron chi connectivity index (χ3n) is 3.25. The molecule has 0 aliphatic heterocycles. The zero-order chi connectivity index (χ0) is 14.8. The second-order valence-corrected chi connectivity index (χ2v) is 4.91. The van der Waals surface area contributed by atoms with Gasteiger partial charge in [-0.05, 0) is 17.9 Å². The molecule has 0 spiro atoms. The van der Waals surface area contributed by atoms with E-state index in [1.807, 2.05) is 0 Å². The van der Waals surface area contributed by atoms with Crippen LogP contribution in [0.15, 0.2) is 18.2 Å². The van der Waals surface area contributed by atoms with E-state index in [0.29, 0.717) is 17.8 Å². The first-order valence-electron chi connectivity index (χ1n) is 7.29. The molecule has 4 nitrogen and oxygen atoms in total. The normalized spacial score (nSPS) is 10.6. The van der Waals surface area contributed by atoms with Crippen LogP contribution in [-0.2, 0) is 11.3 Å². The maximum Gasteiger partial charge on any atom is 0.488 e. The van der Waals surface area contributed by atoms with E-state index in [4.69, 9.17) is 9.47 Å². The van der Waals surface area contributed by atoms with Gasteiger partial charge in [-0.1, -0.05) is 44.7 Å².